The predicted octanol–water partition coefficient (Wildman–Crippen LogP) is -3.19. The first-order chi connectivity index (χ1) is 18.0. The number of carbonyl (C=O) groups is 6. The Hall–Kier alpha value is -4.79. The molecule has 1 aromatic carbocycles. The van der Waals surface area contributed by atoms with Gasteiger partial charge in [0.1, 0.15) is 18.1 Å². The van der Waals surface area contributed by atoms with Crippen molar-refractivity contribution < 1.29 is 33.9 Å². The third-order valence-electron chi connectivity index (χ3n) is 5.31. The molecule has 0 fully saturated rings. The molecule has 0 saturated heterocycles. The second-order valence-electron chi connectivity index (χ2n) is 8.44. The number of hydrogen-bond donors (Lipinski definition) is 8. The summed E-state index contributed by atoms with van der Waals surface area (Å²) in [4.78, 5) is 79.5. The highest BCUT2D eigenvalue weighted by Gasteiger charge is 2.31. The average molecular weight is 531 g/mol. The Morgan fingerprint density at radius 1 is 0.816 bits per heavy atom. The topological polar surface area (TPSA) is 265 Å². The van der Waals surface area contributed by atoms with Gasteiger partial charge >= 0.3 is 5.97 Å². The summed E-state index contributed by atoms with van der Waals surface area (Å²) >= 11 is 0. The predicted molar refractivity (Wildman–Crippen MR) is 131 cm³/mol. The van der Waals surface area contributed by atoms with Crippen molar-refractivity contribution in [3.8, 4) is 0 Å². The first-order valence-electron chi connectivity index (χ1n) is 11.4. The molecule has 0 aliphatic heterocycles. The molecule has 0 bridgehead atoms. The number of carboxylic acid groups (broad SMARTS) is 1. The SMILES string of the molecule is NC(=O)CC(N)C(=O)NC(CC(N)=O)C(=O)NC(Cc1ccccc1)C(=O)NC(Cc1cnc[nH]1)C(=O)O. The van der Waals surface area contributed by atoms with E-state index >= 15 is 0 Å². The van der Waals surface area contributed by atoms with Gasteiger partial charge in [-0.05, 0) is 5.56 Å². The van der Waals surface area contributed by atoms with Crippen molar-refractivity contribution >= 4 is 35.5 Å². The van der Waals surface area contributed by atoms with Gasteiger partial charge in [0.05, 0.1) is 25.2 Å². The fourth-order valence-electron chi connectivity index (χ4n) is 3.42. The highest BCUT2D eigenvalue weighted by molar-refractivity contribution is 5.97. The van der Waals surface area contributed by atoms with Crippen LogP contribution in [0, 0.1) is 0 Å². The van der Waals surface area contributed by atoms with Crippen molar-refractivity contribution in [3.05, 3.63) is 54.1 Å². The zero-order valence-electron chi connectivity index (χ0n) is 20.3. The van der Waals surface area contributed by atoms with Crippen LogP contribution >= 0.6 is 0 Å². The van der Waals surface area contributed by atoms with Crippen LogP contribution in [0.1, 0.15) is 24.1 Å². The third-order valence-corrected chi connectivity index (χ3v) is 5.31. The fraction of sp³-hybridized carbons (Fsp3) is 0.348. The molecule has 0 radical (unpaired) electrons. The summed E-state index contributed by atoms with van der Waals surface area (Å²) in [6.07, 6.45) is 1.46. The van der Waals surface area contributed by atoms with Gasteiger partial charge in [-0.15, -0.1) is 0 Å². The number of nitrogens with zero attached hydrogens (tertiary/aromatic N) is 1. The molecule has 11 N–H and O–H groups in total. The van der Waals surface area contributed by atoms with E-state index in [0.717, 1.165) is 0 Å². The molecule has 5 amide bonds. The summed E-state index contributed by atoms with van der Waals surface area (Å²) in [5, 5.41) is 16.7. The summed E-state index contributed by atoms with van der Waals surface area (Å²) in [5.74, 6) is -5.85. The maximum atomic E-state index is 13.2. The molecule has 4 unspecified atom stereocenters. The number of primary amides is 2. The van der Waals surface area contributed by atoms with Crippen LogP contribution in [-0.4, -0.2) is 74.7 Å². The molecule has 4 atom stereocenters. The average Bonchev–Trinajstić information content (AvgIpc) is 3.35. The molecular weight excluding hydrogens is 500 g/mol. The summed E-state index contributed by atoms with van der Waals surface area (Å²) in [6.45, 7) is 0. The number of hydrogen-bond acceptors (Lipinski definition) is 8. The Balaban J connectivity index is 2.23. The molecule has 0 aliphatic carbocycles. The minimum atomic E-state index is -1.54. The van der Waals surface area contributed by atoms with Crippen LogP contribution in [0.5, 0.6) is 0 Å². The number of carboxylic acids is 1. The van der Waals surface area contributed by atoms with Gasteiger partial charge < -0.3 is 43.2 Å². The number of amides is 5. The van der Waals surface area contributed by atoms with E-state index in [2.05, 4.69) is 25.9 Å². The van der Waals surface area contributed by atoms with E-state index in [1.165, 1.54) is 12.5 Å². The largest absolute Gasteiger partial charge is 0.480 e. The van der Waals surface area contributed by atoms with E-state index in [1.54, 1.807) is 30.3 Å². The van der Waals surface area contributed by atoms with E-state index < -0.39 is 72.5 Å². The molecule has 15 nitrogen and oxygen atoms in total. The lowest BCUT2D eigenvalue weighted by molar-refractivity contribution is -0.142. The molecule has 0 saturated carbocycles. The summed E-state index contributed by atoms with van der Waals surface area (Å²) in [7, 11) is 0. The number of aromatic amines is 1. The van der Waals surface area contributed by atoms with Crippen molar-refractivity contribution in [2.75, 3.05) is 0 Å². The minimum absolute atomic E-state index is 0.0484. The Morgan fingerprint density at radius 3 is 1.95 bits per heavy atom. The standard InChI is InChI=1S/C23H30N8O7/c24-14(8-18(25)32)20(34)29-16(9-19(26)33)22(36)30-15(6-12-4-2-1-3-5-12)21(35)31-17(23(37)38)7-13-10-27-11-28-13/h1-5,10-11,14-17H,6-9,24H2,(H2,25,32)(H2,26,33)(H,27,28)(H,29,34)(H,30,36)(H,31,35)(H,37,38). The molecule has 15 heteroatoms. The first-order valence-corrected chi connectivity index (χ1v) is 11.4. The highest BCUT2D eigenvalue weighted by Crippen LogP contribution is 2.07. The van der Waals surface area contributed by atoms with Crippen molar-refractivity contribution in [2.45, 2.75) is 49.9 Å². The number of nitrogens with one attached hydrogen (secondary N) is 4. The quantitative estimate of drug-likeness (QED) is 0.115. The van der Waals surface area contributed by atoms with Gasteiger partial charge in [-0.3, -0.25) is 24.0 Å². The fourth-order valence-corrected chi connectivity index (χ4v) is 3.42. The minimum Gasteiger partial charge on any atom is -0.480 e. The molecule has 0 aliphatic rings. The van der Waals surface area contributed by atoms with E-state index in [-0.39, 0.29) is 12.8 Å². The normalized spacial score (nSPS) is 13.8. The summed E-state index contributed by atoms with van der Waals surface area (Å²) < 4.78 is 0. The molecule has 1 heterocycles. The number of aliphatic carboxylic acids is 1. The Bertz CT molecular complexity index is 1140. The van der Waals surface area contributed by atoms with Crippen LogP contribution in [0.4, 0.5) is 0 Å². The Kier molecular flexibility index (Phi) is 10.9. The van der Waals surface area contributed by atoms with Gasteiger partial charge in [0.25, 0.3) is 0 Å². The maximum absolute atomic E-state index is 13.2. The van der Waals surface area contributed by atoms with Gasteiger partial charge in [-0.2, -0.15) is 0 Å². The van der Waals surface area contributed by atoms with E-state index in [9.17, 15) is 33.9 Å². The molecule has 0 spiro atoms. The van der Waals surface area contributed by atoms with Gasteiger partial charge in [-0.25, -0.2) is 9.78 Å². The number of imidazole rings is 1. The van der Waals surface area contributed by atoms with Crippen LogP contribution in [0.25, 0.3) is 0 Å². The number of H-pyrrole nitrogens is 1. The zero-order chi connectivity index (χ0) is 28.2. The van der Waals surface area contributed by atoms with Gasteiger partial charge in [0.2, 0.25) is 29.5 Å². The smallest absolute Gasteiger partial charge is 0.326 e. The number of benzene rings is 1. The maximum Gasteiger partial charge on any atom is 0.326 e. The van der Waals surface area contributed by atoms with Crippen LogP contribution in [0.3, 0.4) is 0 Å². The number of nitrogens with two attached hydrogens (primary N) is 3. The Morgan fingerprint density at radius 2 is 1.39 bits per heavy atom. The van der Waals surface area contributed by atoms with Crippen molar-refractivity contribution in [1.82, 2.24) is 25.9 Å². The van der Waals surface area contributed by atoms with Crippen molar-refractivity contribution in [2.24, 2.45) is 17.2 Å². The highest BCUT2D eigenvalue weighted by atomic mass is 16.4. The van der Waals surface area contributed by atoms with Crippen molar-refractivity contribution in [3.63, 3.8) is 0 Å². The lowest BCUT2D eigenvalue weighted by atomic mass is 10.0. The molecular formula is C23H30N8O7. The van der Waals surface area contributed by atoms with Crippen LogP contribution in [0.2, 0.25) is 0 Å². The molecule has 2 rings (SSSR count). The van der Waals surface area contributed by atoms with Crippen LogP contribution in [-0.2, 0) is 41.6 Å². The van der Waals surface area contributed by atoms with Gasteiger partial charge in [0, 0.05) is 24.7 Å². The molecule has 2 aromatic rings. The molecule has 1 aromatic heterocycles. The lowest BCUT2D eigenvalue weighted by Gasteiger charge is -2.25. The third kappa shape index (κ3) is 9.69. The second kappa shape index (κ2) is 14.1. The number of carbonyl (C=O) groups excluding carboxylic acids is 5. The van der Waals surface area contributed by atoms with E-state index in [1.807, 2.05) is 0 Å². The number of rotatable bonds is 15. The van der Waals surface area contributed by atoms with Gasteiger partial charge in [-0.1, -0.05) is 30.3 Å². The zero-order valence-corrected chi connectivity index (χ0v) is 20.3. The van der Waals surface area contributed by atoms with E-state index in [4.69, 9.17) is 17.2 Å². The first kappa shape index (κ1) is 29.4. The summed E-state index contributed by atoms with van der Waals surface area (Å²) in [5.41, 5.74) is 16.9. The van der Waals surface area contributed by atoms with Crippen LogP contribution in [0.15, 0.2) is 42.9 Å². The van der Waals surface area contributed by atoms with Crippen molar-refractivity contribution in [1.29, 1.82) is 0 Å². The van der Waals surface area contributed by atoms with Crippen LogP contribution < -0.4 is 33.2 Å². The lowest BCUT2D eigenvalue weighted by Crippen LogP contribution is -2.58. The molecule has 204 valence electrons. The summed E-state index contributed by atoms with van der Waals surface area (Å²) in [6, 6.07) is 2.96. The van der Waals surface area contributed by atoms with Gasteiger partial charge in [0.15, 0.2) is 0 Å². The number of aromatic nitrogens is 2. The molecule has 38 heavy (non-hydrogen) atoms. The second-order valence-corrected chi connectivity index (χ2v) is 8.44. The van der Waals surface area contributed by atoms with E-state index in [0.29, 0.717) is 11.3 Å². The monoisotopic (exact) mass is 530 g/mol. The Labute approximate surface area is 216 Å².